The number of aliphatic hydroxyl groups is 1. The van der Waals surface area contributed by atoms with Gasteiger partial charge in [-0.05, 0) is 28.4 Å². The van der Waals surface area contributed by atoms with Crippen molar-refractivity contribution >= 4 is 27.3 Å². The van der Waals surface area contributed by atoms with Crippen LogP contribution in [-0.2, 0) is 6.42 Å². The lowest BCUT2D eigenvalue weighted by atomic mass is 9.87. The molecule has 1 atom stereocenters. The first-order valence-corrected chi connectivity index (χ1v) is 5.74. The summed E-state index contributed by atoms with van der Waals surface area (Å²) >= 11 is 5.11. The quantitative estimate of drug-likeness (QED) is 0.825. The lowest BCUT2D eigenvalue weighted by Gasteiger charge is -2.21. The molecule has 0 aliphatic carbocycles. The number of hydrogen-bond donors (Lipinski definition) is 1. The van der Waals surface area contributed by atoms with Crippen LogP contribution < -0.4 is 0 Å². The molecule has 0 spiro atoms. The topological polar surface area (TPSA) is 20.2 Å². The molecule has 0 bridgehead atoms. The first-order valence-electron chi connectivity index (χ1n) is 4.07. The summed E-state index contributed by atoms with van der Waals surface area (Å²) in [4.78, 5) is 1.27. The fourth-order valence-electron chi connectivity index (χ4n) is 1.04. The SMILES string of the molecule is C=CC(C)(CO)Cc1cc(Br)cs1. The average molecular weight is 261 g/mol. The average Bonchev–Trinajstić information content (AvgIpc) is 2.51. The normalized spacial score (nSPS) is 15.3. The van der Waals surface area contributed by atoms with Gasteiger partial charge in [0.2, 0.25) is 0 Å². The molecule has 13 heavy (non-hydrogen) atoms. The molecule has 1 aromatic heterocycles. The van der Waals surface area contributed by atoms with Crippen molar-refractivity contribution in [2.75, 3.05) is 6.61 Å². The molecule has 0 saturated carbocycles. The summed E-state index contributed by atoms with van der Waals surface area (Å²) in [5.74, 6) is 0. The van der Waals surface area contributed by atoms with Gasteiger partial charge in [-0.25, -0.2) is 0 Å². The van der Waals surface area contributed by atoms with E-state index in [-0.39, 0.29) is 12.0 Å². The van der Waals surface area contributed by atoms with Gasteiger partial charge in [-0.1, -0.05) is 13.0 Å². The van der Waals surface area contributed by atoms with Crippen molar-refractivity contribution in [2.24, 2.45) is 5.41 Å². The Balaban J connectivity index is 2.72. The predicted molar refractivity (Wildman–Crippen MR) is 61.1 cm³/mol. The molecule has 1 heterocycles. The Hall–Kier alpha value is -0.120. The van der Waals surface area contributed by atoms with Crippen LogP contribution in [0.4, 0.5) is 0 Å². The summed E-state index contributed by atoms with van der Waals surface area (Å²) in [6.45, 7) is 5.89. The van der Waals surface area contributed by atoms with Gasteiger partial charge in [-0.15, -0.1) is 17.9 Å². The summed E-state index contributed by atoms with van der Waals surface area (Å²) in [6.07, 6.45) is 2.67. The van der Waals surface area contributed by atoms with Crippen LogP contribution in [0.1, 0.15) is 11.8 Å². The van der Waals surface area contributed by atoms with Crippen molar-refractivity contribution < 1.29 is 5.11 Å². The number of rotatable bonds is 4. The first-order chi connectivity index (χ1) is 6.09. The first kappa shape index (κ1) is 11.0. The van der Waals surface area contributed by atoms with E-state index >= 15 is 0 Å². The summed E-state index contributed by atoms with van der Waals surface area (Å²) in [6, 6.07) is 2.09. The van der Waals surface area contributed by atoms with Crippen LogP contribution in [-0.4, -0.2) is 11.7 Å². The molecule has 0 aromatic carbocycles. The van der Waals surface area contributed by atoms with Crippen LogP contribution >= 0.6 is 27.3 Å². The van der Waals surface area contributed by atoms with Gasteiger partial charge in [0.1, 0.15) is 0 Å². The molecular weight excluding hydrogens is 248 g/mol. The van der Waals surface area contributed by atoms with Gasteiger partial charge in [0.15, 0.2) is 0 Å². The number of hydrogen-bond acceptors (Lipinski definition) is 2. The maximum Gasteiger partial charge on any atom is 0.0522 e. The Morgan fingerprint density at radius 3 is 2.85 bits per heavy atom. The molecule has 0 aliphatic rings. The summed E-state index contributed by atoms with van der Waals surface area (Å²) in [5, 5.41) is 11.2. The highest BCUT2D eigenvalue weighted by molar-refractivity contribution is 9.10. The summed E-state index contributed by atoms with van der Waals surface area (Å²) < 4.78 is 1.11. The number of thiophene rings is 1. The van der Waals surface area contributed by atoms with Gasteiger partial charge >= 0.3 is 0 Å². The maximum atomic E-state index is 9.18. The third kappa shape index (κ3) is 2.93. The van der Waals surface area contributed by atoms with E-state index in [1.807, 2.05) is 13.0 Å². The third-order valence-electron chi connectivity index (χ3n) is 2.05. The largest absolute Gasteiger partial charge is 0.395 e. The van der Waals surface area contributed by atoms with Gasteiger partial charge in [0.05, 0.1) is 6.61 Å². The van der Waals surface area contributed by atoms with Crippen molar-refractivity contribution in [3.63, 3.8) is 0 Å². The van der Waals surface area contributed by atoms with E-state index in [0.29, 0.717) is 0 Å². The number of aliphatic hydroxyl groups excluding tert-OH is 1. The van der Waals surface area contributed by atoms with Gasteiger partial charge in [0.25, 0.3) is 0 Å². The van der Waals surface area contributed by atoms with Crippen LogP contribution in [0.5, 0.6) is 0 Å². The Morgan fingerprint density at radius 2 is 2.46 bits per heavy atom. The van der Waals surface area contributed by atoms with Gasteiger partial charge < -0.3 is 5.11 Å². The minimum Gasteiger partial charge on any atom is -0.395 e. The molecule has 1 rings (SSSR count). The molecule has 0 aliphatic heterocycles. The van der Waals surface area contributed by atoms with E-state index in [4.69, 9.17) is 0 Å². The standard InChI is InChI=1S/C10H13BrOS/c1-3-10(2,7-12)5-9-4-8(11)6-13-9/h3-4,6,12H,1,5,7H2,2H3. The van der Waals surface area contributed by atoms with Crippen molar-refractivity contribution in [3.05, 3.63) is 33.5 Å². The fourth-order valence-corrected chi connectivity index (χ4v) is 2.69. The van der Waals surface area contributed by atoms with Crippen molar-refractivity contribution in [3.8, 4) is 0 Å². The Bertz CT molecular complexity index is 295. The highest BCUT2D eigenvalue weighted by Crippen LogP contribution is 2.28. The molecular formula is C10H13BrOS. The molecule has 72 valence electrons. The third-order valence-corrected chi connectivity index (χ3v) is 3.75. The lowest BCUT2D eigenvalue weighted by Crippen LogP contribution is -2.20. The summed E-state index contributed by atoms with van der Waals surface area (Å²) in [5.41, 5.74) is -0.190. The molecule has 3 heteroatoms. The van der Waals surface area contributed by atoms with E-state index in [9.17, 15) is 5.11 Å². The Labute approximate surface area is 91.2 Å². The number of halogens is 1. The Morgan fingerprint density at radius 1 is 1.77 bits per heavy atom. The van der Waals surface area contributed by atoms with Gasteiger partial charge in [-0.3, -0.25) is 0 Å². The molecule has 0 radical (unpaired) electrons. The zero-order valence-electron chi connectivity index (χ0n) is 7.59. The van der Waals surface area contributed by atoms with Crippen molar-refractivity contribution in [1.29, 1.82) is 0 Å². The smallest absolute Gasteiger partial charge is 0.0522 e. The van der Waals surface area contributed by atoms with Crippen LogP contribution in [0.25, 0.3) is 0 Å². The van der Waals surface area contributed by atoms with E-state index in [2.05, 4.69) is 34.0 Å². The minimum atomic E-state index is -0.190. The van der Waals surface area contributed by atoms with Gasteiger partial charge in [0, 0.05) is 20.1 Å². The minimum absolute atomic E-state index is 0.145. The zero-order chi connectivity index (χ0) is 9.90. The highest BCUT2D eigenvalue weighted by Gasteiger charge is 2.20. The molecule has 0 fully saturated rings. The Kier molecular flexibility index (Phi) is 3.71. The van der Waals surface area contributed by atoms with E-state index < -0.39 is 0 Å². The predicted octanol–water partition coefficient (Wildman–Crippen LogP) is 3.24. The van der Waals surface area contributed by atoms with E-state index in [1.54, 1.807) is 11.3 Å². The van der Waals surface area contributed by atoms with E-state index in [1.165, 1.54) is 4.88 Å². The molecule has 0 saturated heterocycles. The van der Waals surface area contributed by atoms with Crippen LogP contribution in [0, 0.1) is 5.41 Å². The molecule has 1 nitrogen and oxygen atoms in total. The van der Waals surface area contributed by atoms with Crippen LogP contribution in [0.15, 0.2) is 28.6 Å². The second-order valence-corrected chi connectivity index (χ2v) is 5.34. The van der Waals surface area contributed by atoms with E-state index in [0.717, 1.165) is 10.9 Å². The molecule has 1 aromatic rings. The van der Waals surface area contributed by atoms with Crippen LogP contribution in [0.2, 0.25) is 0 Å². The molecule has 1 unspecified atom stereocenters. The molecule has 1 N–H and O–H groups in total. The maximum absolute atomic E-state index is 9.18. The van der Waals surface area contributed by atoms with Gasteiger partial charge in [-0.2, -0.15) is 0 Å². The van der Waals surface area contributed by atoms with Crippen LogP contribution in [0.3, 0.4) is 0 Å². The summed E-state index contributed by atoms with van der Waals surface area (Å²) in [7, 11) is 0. The second kappa shape index (κ2) is 4.40. The monoisotopic (exact) mass is 260 g/mol. The van der Waals surface area contributed by atoms with Crippen molar-refractivity contribution in [1.82, 2.24) is 0 Å². The molecule has 0 amide bonds. The zero-order valence-corrected chi connectivity index (χ0v) is 9.99. The highest BCUT2D eigenvalue weighted by atomic mass is 79.9. The second-order valence-electron chi connectivity index (χ2n) is 3.42. The fraction of sp³-hybridized carbons (Fsp3) is 0.400. The van der Waals surface area contributed by atoms with Crippen molar-refractivity contribution in [2.45, 2.75) is 13.3 Å². The lowest BCUT2D eigenvalue weighted by molar-refractivity contribution is 0.185.